The molecule has 0 spiro atoms. The molecule has 0 aromatic heterocycles. The van der Waals surface area contributed by atoms with Gasteiger partial charge in [0.2, 0.25) is 0 Å². The van der Waals surface area contributed by atoms with Crippen molar-refractivity contribution in [1.29, 1.82) is 0 Å². The van der Waals surface area contributed by atoms with Gasteiger partial charge in [-0.25, -0.2) is 0 Å². The van der Waals surface area contributed by atoms with Crippen molar-refractivity contribution in [3.05, 3.63) is 71.8 Å². The number of benzene rings is 2. The highest BCUT2D eigenvalue weighted by molar-refractivity contribution is 5.42. The molecule has 2 aromatic rings. The van der Waals surface area contributed by atoms with Crippen molar-refractivity contribution in [3.8, 4) is 0 Å². The van der Waals surface area contributed by atoms with Crippen LogP contribution in [0, 0.1) is 5.92 Å². The van der Waals surface area contributed by atoms with E-state index in [-0.39, 0.29) is 5.92 Å². The number of hydrogen-bond acceptors (Lipinski definition) is 2. The molecule has 2 atom stereocenters. The average Bonchev–Trinajstić information content (AvgIpc) is 2.56. The molecular formula is C21H29NO. The Kier molecular flexibility index (Phi) is 5.97. The summed E-state index contributed by atoms with van der Waals surface area (Å²) in [7, 11) is 4.19. The minimum atomic E-state index is -0.428. The maximum atomic E-state index is 11.1. The standard InChI is InChI=1S/C21H29NO/c1-5-20(23)21(17(2)16-22(3)4,18-12-8-6-9-13-18)19-14-10-7-11-15-19/h6-15,17,20,23H,5,16H2,1-4H3/t17-,20+/m1/s1. The lowest BCUT2D eigenvalue weighted by atomic mass is 9.62. The van der Waals surface area contributed by atoms with E-state index in [1.54, 1.807) is 0 Å². The summed E-state index contributed by atoms with van der Waals surface area (Å²) in [5, 5.41) is 11.1. The molecule has 0 aliphatic heterocycles. The average molecular weight is 311 g/mol. The summed E-state index contributed by atoms with van der Waals surface area (Å²) in [6.07, 6.45) is 0.295. The first-order valence-electron chi connectivity index (χ1n) is 8.47. The lowest BCUT2D eigenvalue weighted by Gasteiger charge is -2.45. The van der Waals surface area contributed by atoms with E-state index >= 15 is 0 Å². The third-order valence-corrected chi connectivity index (χ3v) is 4.83. The number of rotatable bonds is 7. The van der Waals surface area contributed by atoms with Crippen molar-refractivity contribution in [3.63, 3.8) is 0 Å². The summed E-state index contributed by atoms with van der Waals surface area (Å²) in [6, 6.07) is 20.9. The van der Waals surface area contributed by atoms with Crippen LogP contribution in [0.3, 0.4) is 0 Å². The fraction of sp³-hybridized carbons (Fsp3) is 0.429. The SMILES string of the molecule is CC[C@H](O)C(c1ccccc1)(c1ccccc1)[C@H](C)CN(C)C. The second-order valence-corrected chi connectivity index (χ2v) is 6.69. The van der Waals surface area contributed by atoms with Crippen LogP contribution in [-0.4, -0.2) is 36.8 Å². The molecule has 2 aromatic carbocycles. The monoisotopic (exact) mass is 311 g/mol. The van der Waals surface area contributed by atoms with Gasteiger partial charge in [-0.2, -0.15) is 0 Å². The number of hydrogen-bond donors (Lipinski definition) is 1. The summed E-state index contributed by atoms with van der Waals surface area (Å²) >= 11 is 0. The Labute approximate surface area is 140 Å². The Morgan fingerprint density at radius 2 is 1.35 bits per heavy atom. The molecule has 1 N–H and O–H groups in total. The van der Waals surface area contributed by atoms with Gasteiger partial charge in [-0.3, -0.25) is 0 Å². The van der Waals surface area contributed by atoms with Crippen LogP contribution in [0.5, 0.6) is 0 Å². The van der Waals surface area contributed by atoms with Gasteiger partial charge in [-0.15, -0.1) is 0 Å². The van der Waals surface area contributed by atoms with Crippen LogP contribution >= 0.6 is 0 Å². The summed E-state index contributed by atoms with van der Waals surface area (Å²) in [5.74, 6) is 0.275. The van der Waals surface area contributed by atoms with E-state index in [1.165, 1.54) is 11.1 Å². The lowest BCUT2D eigenvalue weighted by Crippen LogP contribution is -2.49. The number of aliphatic hydroxyl groups is 1. The molecule has 0 aliphatic rings. The highest BCUT2D eigenvalue weighted by atomic mass is 16.3. The quantitative estimate of drug-likeness (QED) is 0.837. The van der Waals surface area contributed by atoms with Crippen LogP contribution in [0.4, 0.5) is 0 Å². The van der Waals surface area contributed by atoms with Crippen LogP contribution in [0.15, 0.2) is 60.7 Å². The summed E-state index contributed by atoms with van der Waals surface area (Å²) in [5.41, 5.74) is 1.98. The summed E-state index contributed by atoms with van der Waals surface area (Å²) in [4.78, 5) is 2.20. The molecule has 0 unspecified atom stereocenters. The van der Waals surface area contributed by atoms with Gasteiger partial charge in [-0.05, 0) is 37.6 Å². The number of aliphatic hydroxyl groups excluding tert-OH is 1. The lowest BCUT2D eigenvalue weighted by molar-refractivity contribution is 0.0580. The van der Waals surface area contributed by atoms with Gasteiger partial charge in [0.1, 0.15) is 0 Å². The first kappa shape index (κ1) is 17.7. The molecule has 0 aliphatic carbocycles. The van der Waals surface area contributed by atoms with Crippen molar-refractivity contribution in [2.75, 3.05) is 20.6 Å². The fourth-order valence-electron chi connectivity index (χ4n) is 3.89. The molecule has 2 nitrogen and oxygen atoms in total. The highest BCUT2D eigenvalue weighted by Crippen LogP contribution is 2.43. The maximum absolute atomic E-state index is 11.1. The molecule has 124 valence electrons. The summed E-state index contributed by atoms with van der Waals surface area (Å²) in [6.45, 7) is 5.23. The third kappa shape index (κ3) is 3.49. The van der Waals surface area contributed by atoms with Crippen molar-refractivity contribution in [2.24, 2.45) is 5.92 Å². The first-order chi connectivity index (χ1) is 11.0. The van der Waals surface area contributed by atoms with Crippen molar-refractivity contribution in [1.82, 2.24) is 4.90 Å². The van der Waals surface area contributed by atoms with Gasteiger partial charge >= 0.3 is 0 Å². The van der Waals surface area contributed by atoms with Gasteiger partial charge < -0.3 is 10.0 Å². The highest BCUT2D eigenvalue weighted by Gasteiger charge is 2.45. The zero-order valence-electron chi connectivity index (χ0n) is 14.7. The third-order valence-electron chi connectivity index (χ3n) is 4.83. The van der Waals surface area contributed by atoms with E-state index in [0.29, 0.717) is 0 Å². The molecule has 23 heavy (non-hydrogen) atoms. The molecule has 2 heteroatoms. The molecule has 0 radical (unpaired) electrons. The van der Waals surface area contributed by atoms with Crippen LogP contribution in [0.1, 0.15) is 31.4 Å². The predicted octanol–water partition coefficient (Wildman–Crippen LogP) is 3.94. The minimum absolute atomic E-state index is 0.275. The maximum Gasteiger partial charge on any atom is 0.0677 e. The molecule has 0 amide bonds. The van der Waals surface area contributed by atoms with E-state index in [9.17, 15) is 5.11 Å². The van der Waals surface area contributed by atoms with E-state index < -0.39 is 11.5 Å². The fourth-order valence-corrected chi connectivity index (χ4v) is 3.89. The molecule has 0 saturated carbocycles. The van der Waals surface area contributed by atoms with Gasteiger partial charge in [0.05, 0.1) is 6.10 Å². The van der Waals surface area contributed by atoms with Gasteiger partial charge in [0.15, 0.2) is 0 Å². The summed E-state index contributed by atoms with van der Waals surface area (Å²) < 4.78 is 0. The minimum Gasteiger partial charge on any atom is -0.392 e. The Bertz CT molecular complexity index is 540. The Balaban J connectivity index is 2.68. The van der Waals surface area contributed by atoms with Crippen LogP contribution in [-0.2, 0) is 5.41 Å². The molecule has 0 bridgehead atoms. The Hall–Kier alpha value is -1.64. The van der Waals surface area contributed by atoms with E-state index in [0.717, 1.165) is 13.0 Å². The zero-order chi connectivity index (χ0) is 16.9. The first-order valence-corrected chi connectivity index (χ1v) is 8.47. The molecule has 2 rings (SSSR count). The Morgan fingerprint density at radius 1 is 0.913 bits per heavy atom. The Morgan fingerprint density at radius 3 is 1.70 bits per heavy atom. The van der Waals surface area contributed by atoms with Crippen molar-refractivity contribution in [2.45, 2.75) is 31.8 Å². The second-order valence-electron chi connectivity index (χ2n) is 6.69. The zero-order valence-corrected chi connectivity index (χ0v) is 14.7. The van der Waals surface area contributed by atoms with E-state index in [2.05, 4.69) is 81.4 Å². The van der Waals surface area contributed by atoms with Crippen LogP contribution in [0.25, 0.3) is 0 Å². The molecule has 0 heterocycles. The van der Waals surface area contributed by atoms with E-state index in [1.807, 2.05) is 12.1 Å². The van der Waals surface area contributed by atoms with Crippen LogP contribution in [0.2, 0.25) is 0 Å². The van der Waals surface area contributed by atoms with Gasteiger partial charge in [0.25, 0.3) is 0 Å². The number of nitrogens with zero attached hydrogens (tertiary/aromatic N) is 1. The second kappa shape index (κ2) is 7.76. The van der Waals surface area contributed by atoms with Crippen molar-refractivity contribution >= 4 is 0 Å². The molecular weight excluding hydrogens is 282 g/mol. The van der Waals surface area contributed by atoms with Gasteiger partial charge in [-0.1, -0.05) is 74.5 Å². The smallest absolute Gasteiger partial charge is 0.0677 e. The normalized spacial score (nSPS) is 14.7. The van der Waals surface area contributed by atoms with Gasteiger partial charge in [0, 0.05) is 12.0 Å². The van der Waals surface area contributed by atoms with Crippen molar-refractivity contribution < 1.29 is 5.11 Å². The molecule has 0 saturated heterocycles. The molecule has 0 fully saturated rings. The largest absolute Gasteiger partial charge is 0.392 e. The predicted molar refractivity (Wildman–Crippen MR) is 97.7 cm³/mol. The topological polar surface area (TPSA) is 23.5 Å². The van der Waals surface area contributed by atoms with Crippen LogP contribution < -0.4 is 0 Å². The van der Waals surface area contributed by atoms with E-state index in [4.69, 9.17) is 0 Å².